The predicted octanol–water partition coefficient (Wildman–Crippen LogP) is 2.45. The molecule has 33 heavy (non-hydrogen) atoms. The van der Waals surface area contributed by atoms with E-state index in [0.717, 1.165) is 25.7 Å². The van der Waals surface area contributed by atoms with Gasteiger partial charge in [0.2, 0.25) is 5.91 Å². The molecule has 4 rings (SSSR count). The highest BCUT2D eigenvalue weighted by Gasteiger charge is 2.22. The smallest absolute Gasteiger partial charge is 0.258 e. The number of benzene rings is 1. The molecular formula is C25H31N3O5. The van der Waals surface area contributed by atoms with Crippen molar-refractivity contribution < 1.29 is 19.1 Å². The average Bonchev–Trinajstić information content (AvgIpc) is 2.86. The van der Waals surface area contributed by atoms with Crippen molar-refractivity contribution in [3.05, 3.63) is 52.4 Å². The molecule has 0 unspecified atom stereocenters. The van der Waals surface area contributed by atoms with Gasteiger partial charge in [-0.3, -0.25) is 14.4 Å². The first kappa shape index (κ1) is 23.0. The molecule has 2 aliphatic rings. The van der Waals surface area contributed by atoms with Crippen molar-refractivity contribution in [2.75, 3.05) is 33.4 Å². The van der Waals surface area contributed by atoms with Crippen LogP contribution >= 0.6 is 0 Å². The Morgan fingerprint density at radius 3 is 2.45 bits per heavy atom. The molecule has 0 atom stereocenters. The zero-order valence-corrected chi connectivity index (χ0v) is 19.0. The number of hydrogen-bond acceptors (Lipinski definition) is 5. The lowest BCUT2D eigenvalue weighted by atomic mass is 9.95. The summed E-state index contributed by atoms with van der Waals surface area (Å²) >= 11 is 0. The van der Waals surface area contributed by atoms with Gasteiger partial charge < -0.3 is 24.3 Å². The van der Waals surface area contributed by atoms with Crippen LogP contribution in [0.1, 0.15) is 42.5 Å². The Kier molecular flexibility index (Phi) is 7.44. The van der Waals surface area contributed by atoms with Gasteiger partial charge in [-0.15, -0.1) is 0 Å². The first-order valence-electron chi connectivity index (χ1n) is 11.6. The average molecular weight is 454 g/mol. The summed E-state index contributed by atoms with van der Waals surface area (Å²) in [5.41, 5.74) is 1.12. The first-order chi connectivity index (χ1) is 16.0. The molecule has 8 heteroatoms. The normalized spacial score (nSPS) is 16.9. The van der Waals surface area contributed by atoms with Gasteiger partial charge in [0.05, 0.1) is 25.9 Å². The monoisotopic (exact) mass is 453 g/mol. The molecule has 2 heterocycles. The Balaban J connectivity index is 1.65. The van der Waals surface area contributed by atoms with Crippen LogP contribution in [0, 0.1) is 0 Å². The first-order valence-corrected chi connectivity index (χ1v) is 11.6. The van der Waals surface area contributed by atoms with Crippen molar-refractivity contribution in [2.24, 2.45) is 0 Å². The summed E-state index contributed by atoms with van der Waals surface area (Å²) in [5.74, 6) is 0.293. The predicted molar refractivity (Wildman–Crippen MR) is 124 cm³/mol. The van der Waals surface area contributed by atoms with Gasteiger partial charge in [0, 0.05) is 30.9 Å². The van der Waals surface area contributed by atoms with Gasteiger partial charge in [-0.1, -0.05) is 31.4 Å². The molecule has 0 bridgehead atoms. The molecule has 8 nitrogen and oxygen atoms in total. The van der Waals surface area contributed by atoms with Crippen molar-refractivity contribution in [2.45, 2.75) is 44.7 Å². The molecule has 2 fully saturated rings. The molecule has 1 aliphatic carbocycles. The van der Waals surface area contributed by atoms with Gasteiger partial charge in [-0.25, -0.2) is 0 Å². The zero-order valence-electron chi connectivity index (χ0n) is 19.0. The van der Waals surface area contributed by atoms with Crippen molar-refractivity contribution in [1.29, 1.82) is 0 Å². The van der Waals surface area contributed by atoms with Crippen molar-refractivity contribution in [1.82, 2.24) is 14.8 Å². The lowest BCUT2D eigenvalue weighted by Gasteiger charge is -2.27. The van der Waals surface area contributed by atoms with Crippen LogP contribution in [0.5, 0.6) is 5.75 Å². The van der Waals surface area contributed by atoms with E-state index in [4.69, 9.17) is 9.47 Å². The second kappa shape index (κ2) is 10.7. The molecule has 0 spiro atoms. The summed E-state index contributed by atoms with van der Waals surface area (Å²) < 4.78 is 11.9. The van der Waals surface area contributed by atoms with Crippen LogP contribution in [0.2, 0.25) is 0 Å². The Hall–Kier alpha value is -3.13. The fraction of sp³-hybridized carbons (Fsp3) is 0.480. The number of carbonyl (C=O) groups excluding carboxylic acids is 2. The molecular weight excluding hydrogens is 422 g/mol. The van der Waals surface area contributed by atoms with Crippen LogP contribution in [0.15, 0.2) is 41.3 Å². The molecule has 1 saturated carbocycles. The molecule has 1 aliphatic heterocycles. The number of rotatable bonds is 6. The zero-order chi connectivity index (χ0) is 23.2. The van der Waals surface area contributed by atoms with Gasteiger partial charge in [0.25, 0.3) is 11.5 Å². The summed E-state index contributed by atoms with van der Waals surface area (Å²) in [5, 5.41) is 3.05. The van der Waals surface area contributed by atoms with E-state index < -0.39 is 0 Å². The van der Waals surface area contributed by atoms with E-state index in [1.807, 2.05) is 0 Å². The number of carbonyl (C=O) groups is 2. The Bertz CT molecular complexity index is 1030. The minimum absolute atomic E-state index is 0.122. The molecule has 176 valence electrons. The lowest BCUT2D eigenvalue weighted by molar-refractivity contribution is -0.122. The van der Waals surface area contributed by atoms with Crippen molar-refractivity contribution >= 4 is 11.8 Å². The molecule has 1 N–H and O–H groups in total. The minimum Gasteiger partial charge on any atom is -0.497 e. The Labute approximate surface area is 193 Å². The quantitative estimate of drug-likeness (QED) is 0.726. The number of hydrogen-bond donors (Lipinski definition) is 1. The second-order valence-electron chi connectivity index (χ2n) is 8.61. The van der Waals surface area contributed by atoms with Crippen LogP contribution in [0.25, 0.3) is 11.1 Å². The molecule has 1 aromatic heterocycles. The second-order valence-corrected chi connectivity index (χ2v) is 8.61. The number of amides is 2. The summed E-state index contributed by atoms with van der Waals surface area (Å²) in [6, 6.07) is 8.88. The highest BCUT2D eigenvalue weighted by molar-refractivity contribution is 5.95. The largest absolute Gasteiger partial charge is 0.497 e. The summed E-state index contributed by atoms with van der Waals surface area (Å²) in [4.78, 5) is 41.0. The summed E-state index contributed by atoms with van der Waals surface area (Å²) in [6.45, 7) is 1.85. The molecule has 0 radical (unpaired) electrons. The van der Waals surface area contributed by atoms with E-state index in [-0.39, 0.29) is 30.0 Å². The van der Waals surface area contributed by atoms with Gasteiger partial charge >= 0.3 is 0 Å². The van der Waals surface area contributed by atoms with E-state index in [1.165, 1.54) is 17.2 Å². The number of ether oxygens (including phenoxy) is 2. The number of nitrogens with one attached hydrogen (secondary N) is 1. The number of nitrogens with zero attached hydrogens (tertiary/aromatic N) is 2. The van der Waals surface area contributed by atoms with Gasteiger partial charge in [-0.05, 0) is 36.6 Å². The van der Waals surface area contributed by atoms with Crippen molar-refractivity contribution in [3.8, 4) is 16.9 Å². The van der Waals surface area contributed by atoms with E-state index >= 15 is 0 Å². The van der Waals surface area contributed by atoms with Gasteiger partial charge in [-0.2, -0.15) is 0 Å². The Morgan fingerprint density at radius 2 is 1.79 bits per heavy atom. The SMILES string of the molecule is COc1ccc(-c2cc(C(=O)N3CCOCC3)cn(CC(=O)NC3CCCCC3)c2=O)cc1. The molecule has 1 saturated heterocycles. The number of aromatic nitrogens is 1. The summed E-state index contributed by atoms with van der Waals surface area (Å²) in [6.07, 6.45) is 6.85. The number of pyridine rings is 1. The third-order valence-electron chi connectivity index (χ3n) is 6.32. The fourth-order valence-electron chi connectivity index (χ4n) is 4.47. The van der Waals surface area contributed by atoms with Crippen LogP contribution in [0.4, 0.5) is 0 Å². The maximum atomic E-state index is 13.3. The fourth-order valence-corrected chi connectivity index (χ4v) is 4.47. The number of methoxy groups -OCH3 is 1. The molecule has 2 amide bonds. The summed E-state index contributed by atoms with van der Waals surface area (Å²) in [7, 11) is 1.58. The highest BCUT2D eigenvalue weighted by atomic mass is 16.5. The molecule has 1 aromatic carbocycles. The van der Waals surface area contributed by atoms with E-state index in [1.54, 1.807) is 42.3 Å². The van der Waals surface area contributed by atoms with Crippen molar-refractivity contribution in [3.63, 3.8) is 0 Å². The van der Waals surface area contributed by atoms with Gasteiger partial charge in [0.1, 0.15) is 12.3 Å². The van der Waals surface area contributed by atoms with Crippen LogP contribution in [-0.2, 0) is 16.1 Å². The van der Waals surface area contributed by atoms with E-state index in [2.05, 4.69) is 5.32 Å². The molecule has 2 aromatic rings. The Morgan fingerprint density at radius 1 is 1.09 bits per heavy atom. The van der Waals surface area contributed by atoms with E-state index in [0.29, 0.717) is 48.7 Å². The standard InChI is InChI=1S/C25H31N3O5/c1-32-21-9-7-18(8-10-21)22-15-19(24(30)27-11-13-33-14-12-27)16-28(25(22)31)17-23(29)26-20-5-3-2-4-6-20/h7-10,15-16,20H,2-6,11-14,17H2,1H3,(H,26,29). The third kappa shape index (κ3) is 5.63. The maximum Gasteiger partial charge on any atom is 0.258 e. The highest BCUT2D eigenvalue weighted by Crippen LogP contribution is 2.22. The van der Waals surface area contributed by atoms with Gasteiger partial charge in [0.15, 0.2) is 0 Å². The maximum absolute atomic E-state index is 13.3. The topological polar surface area (TPSA) is 89.9 Å². The van der Waals surface area contributed by atoms with Crippen LogP contribution in [-0.4, -0.2) is 60.7 Å². The third-order valence-corrected chi connectivity index (χ3v) is 6.32. The van der Waals surface area contributed by atoms with E-state index in [9.17, 15) is 14.4 Å². The lowest BCUT2D eigenvalue weighted by Crippen LogP contribution is -2.42. The van der Waals surface area contributed by atoms with Crippen LogP contribution < -0.4 is 15.6 Å². The minimum atomic E-state index is -0.308. The van der Waals surface area contributed by atoms with Crippen LogP contribution in [0.3, 0.4) is 0 Å². The number of morpholine rings is 1.